The van der Waals surface area contributed by atoms with Crippen molar-refractivity contribution in [3.63, 3.8) is 0 Å². The number of nitrogens with zero attached hydrogens (tertiary/aromatic N) is 2. The van der Waals surface area contributed by atoms with E-state index in [4.69, 9.17) is 23.2 Å². The Labute approximate surface area is 131 Å². The average molecular weight is 317 g/mol. The van der Waals surface area contributed by atoms with Crippen molar-refractivity contribution in [1.82, 2.24) is 0 Å². The van der Waals surface area contributed by atoms with E-state index in [1.807, 2.05) is 24.3 Å². The predicted molar refractivity (Wildman–Crippen MR) is 86.3 cm³/mol. The van der Waals surface area contributed by atoms with E-state index in [0.29, 0.717) is 21.4 Å². The lowest BCUT2D eigenvalue weighted by Crippen LogP contribution is -1.75. The molecule has 0 saturated carbocycles. The largest absolute Gasteiger partial charge is 0.507 e. The highest BCUT2D eigenvalue weighted by Gasteiger charge is 2.05. The summed E-state index contributed by atoms with van der Waals surface area (Å²) in [6, 6.07) is 15.8. The zero-order valence-electron chi connectivity index (χ0n) is 10.8. The maximum absolute atomic E-state index is 9.85. The number of phenolic OH excluding ortho intramolecular Hbond substituents is 1. The van der Waals surface area contributed by atoms with E-state index < -0.39 is 0 Å². The molecule has 0 aliphatic carbocycles. The van der Waals surface area contributed by atoms with Gasteiger partial charge in [-0.15, -0.1) is 10.2 Å². The Balaban J connectivity index is 2.06. The van der Waals surface area contributed by atoms with Crippen LogP contribution in [0.25, 0.3) is 10.8 Å². The Morgan fingerprint density at radius 3 is 2.19 bits per heavy atom. The van der Waals surface area contributed by atoms with Crippen LogP contribution in [0.5, 0.6) is 5.75 Å². The fourth-order valence-corrected chi connectivity index (χ4v) is 2.47. The van der Waals surface area contributed by atoms with E-state index in [2.05, 4.69) is 10.2 Å². The van der Waals surface area contributed by atoms with E-state index in [0.717, 1.165) is 10.8 Å². The first-order valence-corrected chi connectivity index (χ1v) is 6.98. The summed E-state index contributed by atoms with van der Waals surface area (Å²) in [6.07, 6.45) is 0. The van der Waals surface area contributed by atoms with Crippen molar-refractivity contribution in [1.29, 1.82) is 0 Å². The number of aromatic hydroxyl groups is 1. The lowest BCUT2D eigenvalue weighted by molar-refractivity contribution is 0.481. The molecule has 0 aliphatic rings. The Bertz CT molecular complexity index is 847. The lowest BCUT2D eigenvalue weighted by atomic mass is 10.1. The van der Waals surface area contributed by atoms with Crippen molar-refractivity contribution < 1.29 is 5.11 Å². The molecule has 0 fully saturated rings. The quantitative estimate of drug-likeness (QED) is 0.556. The van der Waals surface area contributed by atoms with Crippen molar-refractivity contribution in [3.05, 3.63) is 64.6 Å². The van der Waals surface area contributed by atoms with E-state index in [9.17, 15) is 5.11 Å². The number of benzene rings is 3. The lowest BCUT2D eigenvalue weighted by Gasteiger charge is -2.03. The zero-order valence-corrected chi connectivity index (χ0v) is 12.3. The number of fused-ring (bicyclic) bond motifs is 1. The molecule has 104 valence electrons. The summed E-state index contributed by atoms with van der Waals surface area (Å²) in [5.41, 5.74) is 1.20. The van der Waals surface area contributed by atoms with Crippen LogP contribution in [0.1, 0.15) is 0 Å². The third-order valence-electron chi connectivity index (χ3n) is 3.05. The monoisotopic (exact) mass is 316 g/mol. The molecule has 5 heteroatoms. The minimum absolute atomic E-state index is 0.217. The van der Waals surface area contributed by atoms with Crippen LogP contribution in [0.4, 0.5) is 11.4 Å². The van der Waals surface area contributed by atoms with Crippen LogP contribution in [0.2, 0.25) is 10.0 Å². The number of halogens is 2. The minimum Gasteiger partial charge on any atom is -0.507 e. The van der Waals surface area contributed by atoms with Crippen LogP contribution >= 0.6 is 23.2 Å². The molecule has 3 nitrogen and oxygen atoms in total. The summed E-state index contributed by atoms with van der Waals surface area (Å²) in [7, 11) is 0. The fourth-order valence-electron chi connectivity index (χ4n) is 2.02. The fraction of sp³-hybridized carbons (Fsp3) is 0. The molecule has 0 bridgehead atoms. The van der Waals surface area contributed by atoms with Gasteiger partial charge in [-0.2, -0.15) is 0 Å². The molecule has 0 radical (unpaired) electrons. The van der Waals surface area contributed by atoms with Crippen molar-refractivity contribution in [2.45, 2.75) is 0 Å². The molecule has 0 aliphatic heterocycles. The van der Waals surface area contributed by atoms with Crippen LogP contribution < -0.4 is 0 Å². The molecule has 3 rings (SSSR count). The summed E-state index contributed by atoms with van der Waals surface area (Å²) < 4.78 is 0. The van der Waals surface area contributed by atoms with Gasteiger partial charge in [-0.25, -0.2) is 0 Å². The first-order chi connectivity index (χ1) is 10.1. The van der Waals surface area contributed by atoms with E-state index in [1.165, 1.54) is 0 Å². The summed E-state index contributed by atoms with van der Waals surface area (Å²) in [4.78, 5) is 0. The van der Waals surface area contributed by atoms with Crippen molar-refractivity contribution in [2.24, 2.45) is 10.2 Å². The van der Waals surface area contributed by atoms with Crippen LogP contribution in [-0.2, 0) is 0 Å². The van der Waals surface area contributed by atoms with Crippen LogP contribution in [-0.4, -0.2) is 5.11 Å². The normalized spacial score (nSPS) is 11.3. The van der Waals surface area contributed by atoms with Gasteiger partial charge in [-0.1, -0.05) is 47.5 Å². The molecule has 0 heterocycles. The van der Waals surface area contributed by atoms with Gasteiger partial charge in [0.15, 0.2) is 0 Å². The molecule has 1 N–H and O–H groups in total. The van der Waals surface area contributed by atoms with Gasteiger partial charge in [0.05, 0.1) is 10.7 Å². The number of rotatable bonds is 2. The first kappa shape index (κ1) is 13.9. The topological polar surface area (TPSA) is 45.0 Å². The molecular weight excluding hydrogens is 307 g/mol. The van der Waals surface area contributed by atoms with Crippen molar-refractivity contribution in [2.75, 3.05) is 0 Å². The maximum atomic E-state index is 9.85. The smallest absolute Gasteiger partial charge is 0.123 e. The van der Waals surface area contributed by atoms with Crippen LogP contribution in [0.3, 0.4) is 0 Å². The summed E-state index contributed by atoms with van der Waals surface area (Å²) in [5.74, 6) is 0.217. The van der Waals surface area contributed by atoms with Gasteiger partial charge in [0, 0.05) is 15.8 Å². The number of phenols is 1. The van der Waals surface area contributed by atoms with E-state index >= 15 is 0 Å². The zero-order chi connectivity index (χ0) is 14.8. The highest BCUT2D eigenvalue weighted by atomic mass is 35.5. The standard InChI is InChI=1S/C16H10Cl2N2O/c17-10-5-6-15(13(18)9-10)20-19-14-7-8-16(21)12-4-2-1-3-11(12)14/h1-9,21H/b20-19+. The van der Waals surface area contributed by atoms with Gasteiger partial charge in [-0.3, -0.25) is 0 Å². The molecule has 21 heavy (non-hydrogen) atoms. The molecule has 0 atom stereocenters. The van der Waals surface area contributed by atoms with Crippen LogP contribution in [0, 0.1) is 0 Å². The van der Waals surface area contributed by atoms with Gasteiger partial charge in [-0.05, 0) is 30.3 Å². The number of hydrogen-bond donors (Lipinski definition) is 1. The van der Waals surface area contributed by atoms with Gasteiger partial charge in [0.1, 0.15) is 11.4 Å². The molecule has 3 aromatic rings. The Hall–Kier alpha value is -2.10. The third-order valence-corrected chi connectivity index (χ3v) is 3.59. The van der Waals surface area contributed by atoms with Crippen LogP contribution in [0.15, 0.2) is 64.8 Å². The van der Waals surface area contributed by atoms with Gasteiger partial charge in [0.2, 0.25) is 0 Å². The average Bonchev–Trinajstić information content (AvgIpc) is 2.48. The highest BCUT2D eigenvalue weighted by Crippen LogP contribution is 2.34. The van der Waals surface area contributed by atoms with Crippen molar-refractivity contribution in [3.8, 4) is 5.75 Å². The first-order valence-electron chi connectivity index (χ1n) is 6.22. The maximum Gasteiger partial charge on any atom is 0.123 e. The molecule has 0 saturated heterocycles. The second-order valence-corrected chi connectivity index (χ2v) is 5.29. The molecular formula is C16H10Cl2N2O. The van der Waals surface area contributed by atoms with E-state index in [1.54, 1.807) is 30.3 Å². The second kappa shape index (κ2) is 5.72. The van der Waals surface area contributed by atoms with E-state index in [-0.39, 0.29) is 5.75 Å². The summed E-state index contributed by atoms with van der Waals surface area (Å²) in [6.45, 7) is 0. The third kappa shape index (κ3) is 2.84. The number of hydrogen-bond acceptors (Lipinski definition) is 3. The Morgan fingerprint density at radius 1 is 0.762 bits per heavy atom. The molecule has 0 spiro atoms. The summed E-state index contributed by atoms with van der Waals surface area (Å²) >= 11 is 11.9. The second-order valence-electron chi connectivity index (χ2n) is 4.45. The molecule has 3 aromatic carbocycles. The molecule has 0 aromatic heterocycles. The summed E-state index contributed by atoms with van der Waals surface area (Å²) in [5, 5.41) is 20.8. The Morgan fingerprint density at radius 2 is 1.43 bits per heavy atom. The Kier molecular flexibility index (Phi) is 3.78. The molecule has 0 unspecified atom stereocenters. The van der Waals surface area contributed by atoms with Gasteiger partial charge >= 0.3 is 0 Å². The van der Waals surface area contributed by atoms with Crippen molar-refractivity contribution >= 4 is 45.3 Å². The minimum atomic E-state index is 0.217. The highest BCUT2D eigenvalue weighted by molar-refractivity contribution is 6.36. The SMILES string of the molecule is Oc1ccc(/N=N/c2ccc(Cl)cc2Cl)c2ccccc12. The van der Waals surface area contributed by atoms with Gasteiger partial charge < -0.3 is 5.11 Å². The number of azo groups is 1. The van der Waals surface area contributed by atoms with Gasteiger partial charge in [0.25, 0.3) is 0 Å². The predicted octanol–water partition coefficient (Wildman–Crippen LogP) is 6.27. The molecule has 0 amide bonds.